The van der Waals surface area contributed by atoms with Crippen LogP contribution in [0.3, 0.4) is 0 Å². The Kier molecular flexibility index (Phi) is 5.40. The van der Waals surface area contributed by atoms with Gasteiger partial charge >= 0.3 is 0 Å². The van der Waals surface area contributed by atoms with Gasteiger partial charge in [0, 0.05) is 16.2 Å². The maximum atomic E-state index is 11.9. The molecule has 1 saturated carbocycles. The SMILES string of the molecule is CCc1cc(Br)ccc1NC(=O)CNC1CCCC1. The second-order valence-corrected chi connectivity index (χ2v) is 5.98. The Bertz CT molecular complexity index is 442. The summed E-state index contributed by atoms with van der Waals surface area (Å²) in [4.78, 5) is 11.9. The molecule has 2 rings (SSSR count). The molecule has 3 nitrogen and oxygen atoms in total. The molecular weight excluding hydrogens is 304 g/mol. The van der Waals surface area contributed by atoms with Crippen LogP contribution in [0.1, 0.15) is 38.2 Å². The van der Waals surface area contributed by atoms with Crippen molar-refractivity contribution in [2.75, 3.05) is 11.9 Å². The van der Waals surface area contributed by atoms with Gasteiger partial charge in [-0.05, 0) is 43.0 Å². The number of halogens is 1. The minimum atomic E-state index is 0.0453. The average Bonchev–Trinajstić information content (AvgIpc) is 2.91. The van der Waals surface area contributed by atoms with Gasteiger partial charge in [0.2, 0.25) is 5.91 Å². The highest BCUT2D eigenvalue weighted by molar-refractivity contribution is 9.10. The van der Waals surface area contributed by atoms with Crippen LogP contribution >= 0.6 is 15.9 Å². The van der Waals surface area contributed by atoms with E-state index in [4.69, 9.17) is 0 Å². The van der Waals surface area contributed by atoms with Crippen molar-refractivity contribution in [2.45, 2.75) is 45.1 Å². The van der Waals surface area contributed by atoms with Gasteiger partial charge in [-0.3, -0.25) is 4.79 Å². The summed E-state index contributed by atoms with van der Waals surface area (Å²) in [6, 6.07) is 6.50. The number of hydrogen-bond acceptors (Lipinski definition) is 2. The maximum Gasteiger partial charge on any atom is 0.238 e. The van der Waals surface area contributed by atoms with Crippen molar-refractivity contribution in [1.29, 1.82) is 0 Å². The molecule has 1 aromatic carbocycles. The van der Waals surface area contributed by atoms with E-state index < -0.39 is 0 Å². The Labute approximate surface area is 123 Å². The Morgan fingerprint density at radius 1 is 1.37 bits per heavy atom. The minimum Gasteiger partial charge on any atom is -0.325 e. The summed E-state index contributed by atoms with van der Waals surface area (Å²) in [5.74, 6) is 0.0453. The monoisotopic (exact) mass is 324 g/mol. The van der Waals surface area contributed by atoms with Crippen LogP contribution in [0.15, 0.2) is 22.7 Å². The number of carbonyl (C=O) groups is 1. The summed E-state index contributed by atoms with van der Waals surface area (Å²) >= 11 is 3.45. The van der Waals surface area contributed by atoms with Crippen LogP contribution in [0.4, 0.5) is 5.69 Å². The Balaban J connectivity index is 1.87. The standard InChI is InChI=1S/C15H21BrN2O/c1-2-11-9-12(16)7-8-14(11)18-15(19)10-17-13-5-3-4-6-13/h7-9,13,17H,2-6,10H2,1H3,(H,18,19). The zero-order chi connectivity index (χ0) is 13.7. The summed E-state index contributed by atoms with van der Waals surface area (Å²) in [6.07, 6.45) is 5.88. The molecule has 1 aliphatic carbocycles. The summed E-state index contributed by atoms with van der Waals surface area (Å²) in [5, 5.41) is 6.32. The van der Waals surface area contributed by atoms with Gasteiger partial charge in [0.25, 0.3) is 0 Å². The smallest absolute Gasteiger partial charge is 0.238 e. The van der Waals surface area contributed by atoms with Crippen molar-refractivity contribution in [2.24, 2.45) is 0 Å². The van der Waals surface area contributed by atoms with E-state index in [2.05, 4.69) is 39.6 Å². The zero-order valence-corrected chi connectivity index (χ0v) is 12.9. The van der Waals surface area contributed by atoms with E-state index in [9.17, 15) is 4.79 Å². The van der Waals surface area contributed by atoms with Gasteiger partial charge in [-0.25, -0.2) is 0 Å². The number of anilines is 1. The van der Waals surface area contributed by atoms with E-state index in [1.54, 1.807) is 0 Å². The first kappa shape index (κ1) is 14.5. The van der Waals surface area contributed by atoms with Crippen LogP contribution in [-0.2, 0) is 11.2 Å². The number of amides is 1. The summed E-state index contributed by atoms with van der Waals surface area (Å²) in [6.45, 7) is 2.50. The van der Waals surface area contributed by atoms with Crippen LogP contribution in [0.2, 0.25) is 0 Å². The molecule has 1 aliphatic rings. The number of benzene rings is 1. The average molecular weight is 325 g/mol. The molecule has 2 N–H and O–H groups in total. The van der Waals surface area contributed by atoms with Gasteiger partial charge in [-0.1, -0.05) is 35.7 Å². The van der Waals surface area contributed by atoms with Crippen LogP contribution in [0.25, 0.3) is 0 Å². The van der Waals surface area contributed by atoms with Crippen LogP contribution in [-0.4, -0.2) is 18.5 Å². The van der Waals surface area contributed by atoms with Crippen molar-refractivity contribution in [3.63, 3.8) is 0 Å². The molecule has 0 radical (unpaired) electrons. The minimum absolute atomic E-state index is 0.0453. The van der Waals surface area contributed by atoms with Crippen molar-refractivity contribution in [1.82, 2.24) is 5.32 Å². The highest BCUT2D eigenvalue weighted by Gasteiger charge is 2.15. The number of aryl methyl sites for hydroxylation is 1. The topological polar surface area (TPSA) is 41.1 Å². The lowest BCUT2D eigenvalue weighted by Gasteiger charge is -2.13. The predicted octanol–water partition coefficient (Wildman–Crippen LogP) is 3.48. The molecular formula is C15H21BrN2O. The first-order valence-corrected chi connectivity index (χ1v) is 7.80. The second kappa shape index (κ2) is 7.06. The predicted molar refractivity (Wildman–Crippen MR) is 82.4 cm³/mol. The van der Waals surface area contributed by atoms with E-state index in [0.717, 1.165) is 22.1 Å². The van der Waals surface area contributed by atoms with E-state index in [-0.39, 0.29) is 5.91 Å². The summed E-state index contributed by atoms with van der Waals surface area (Å²) in [5.41, 5.74) is 2.08. The fourth-order valence-electron chi connectivity index (χ4n) is 2.54. The number of rotatable bonds is 5. The first-order valence-electron chi connectivity index (χ1n) is 7.00. The lowest BCUT2D eigenvalue weighted by atomic mass is 10.1. The Morgan fingerprint density at radius 2 is 2.11 bits per heavy atom. The highest BCUT2D eigenvalue weighted by atomic mass is 79.9. The van der Waals surface area contributed by atoms with Gasteiger partial charge in [-0.15, -0.1) is 0 Å². The van der Waals surface area contributed by atoms with Gasteiger partial charge in [0.05, 0.1) is 6.54 Å². The van der Waals surface area contributed by atoms with E-state index >= 15 is 0 Å². The van der Waals surface area contributed by atoms with Gasteiger partial charge < -0.3 is 10.6 Å². The fourth-order valence-corrected chi connectivity index (χ4v) is 2.95. The fraction of sp³-hybridized carbons (Fsp3) is 0.533. The molecule has 0 aromatic heterocycles. The molecule has 104 valence electrons. The zero-order valence-electron chi connectivity index (χ0n) is 11.3. The van der Waals surface area contributed by atoms with Gasteiger partial charge in [-0.2, -0.15) is 0 Å². The molecule has 0 heterocycles. The first-order chi connectivity index (χ1) is 9.19. The van der Waals surface area contributed by atoms with E-state index in [1.807, 2.05) is 12.1 Å². The molecule has 1 fully saturated rings. The number of hydrogen-bond donors (Lipinski definition) is 2. The Hall–Kier alpha value is -0.870. The van der Waals surface area contributed by atoms with Crippen LogP contribution in [0.5, 0.6) is 0 Å². The highest BCUT2D eigenvalue weighted by Crippen LogP contribution is 2.21. The summed E-state index contributed by atoms with van der Waals surface area (Å²) in [7, 11) is 0. The van der Waals surface area contributed by atoms with Crippen molar-refractivity contribution >= 4 is 27.5 Å². The van der Waals surface area contributed by atoms with Crippen LogP contribution in [0, 0.1) is 0 Å². The molecule has 0 bridgehead atoms. The molecule has 4 heteroatoms. The van der Waals surface area contributed by atoms with E-state index in [1.165, 1.54) is 25.7 Å². The summed E-state index contributed by atoms with van der Waals surface area (Å²) < 4.78 is 1.05. The van der Waals surface area contributed by atoms with Crippen molar-refractivity contribution in [3.8, 4) is 0 Å². The lowest BCUT2D eigenvalue weighted by Crippen LogP contribution is -2.34. The third kappa shape index (κ3) is 4.32. The van der Waals surface area contributed by atoms with E-state index in [0.29, 0.717) is 12.6 Å². The molecule has 1 amide bonds. The van der Waals surface area contributed by atoms with Gasteiger partial charge in [0.15, 0.2) is 0 Å². The number of carbonyl (C=O) groups excluding carboxylic acids is 1. The number of nitrogens with one attached hydrogen (secondary N) is 2. The second-order valence-electron chi connectivity index (χ2n) is 5.07. The van der Waals surface area contributed by atoms with Crippen molar-refractivity contribution < 1.29 is 4.79 Å². The molecule has 1 aromatic rings. The van der Waals surface area contributed by atoms with Crippen LogP contribution < -0.4 is 10.6 Å². The van der Waals surface area contributed by atoms with Crippen molar-refractivity contribution in [3.05, 3.63) is 28.2 Å². The normalized spacial score (nSPS) is 15.7. The molecule has 0 spiro atoms. The largest absolute Gasteiger partial charge is 0.325 e. The third-order valence-electron chi connectivity index (χ3n) is 3.63. The maximum absolute atomic E-state index is 11.9. The Morgan fingerprint density at radius 3 is 2.79 bits per heavy atom. The molecule has 0 atom stereocenters. The molecule has 0 unspecified atom stereocenters. The molecule has 0 aliphatic heterocycles. The third-order valence-corrected chi connectivity index (χ3v) is 4.12. The molecule has 19 heavy (non-hydrogen) atoms. The quantitative estimate of drug-likeness (QED) is 0.870. The van der Waals surface area contributed by atoms with Gasteiger partial charge in [0.1, 0.15) is 0 Å². The molecule has 0 saturated heterocycles. The lowest BCUT2D eigenvalue weighted by molar-refractivity contribution is -0.115.